The Morgan fingerprint density at radius 1 is 0.872 bits per heavy atom. The van der Waals surface area contributed by atoms with Gasteiger partial charge in [0.15, 0.2) is 5.76 Å². The molecule has 1 aliphatic carbocycles. The molecule has 5 aromatic rings. The molecule has 0 aliphatic heterocycles. The third kappa shape index (κ3) is 4.98. The number of pyridine rings is 1. The Kier molecular flexibility index (Phi) is 6.31. The Morgan fingerprint density at radius 3 is 2.13 bits per heavy atom. The van der Waals surface area contributed by atoms with Crippen LogP contribution >= 0.6 is 0 Å². The van der Waals surface area contributed by atoms with Gasteiger partial charge in [-0.15, -0.1) is 0 Å². The van der Waals surface area contributed by atoms with Crippen molar-refractivity contribution in [2.24, 2.45) is 0 Å². The number of aromatic nitrogens is 2. The summed E-state index contributed by atoms with van der Waals surface area (Å²) in [4.78, 5) is 16.4. The van der Waals surface area contributed by atoms with Crippen LogP contribution < -0.4 is 0 Å². The monoisotopic (exact) mass is 518 g/mol. The van der Waals surface area contributed by atoms with E-state index in [2.05, 4.69) is 5.16 Å². The van der Waals surface area contributed by atoms with Gasteiger partial charge in [-0.2, -0.15) is 0 Å². The molecule has 0 radical (unpaired) electrons. The lowest BCUT2D eigenvalue weighted by molar-refractivity contribution is -0.140. The van der Waals surface area contributed by atoms with E-state index in [-0.39, 0.29) is 5.82 Å². The third-order valence-electron chi connectivity index (χ3n) is 7.56. The van der Waals surface area contributed by atoms with Crippen LogP contribution in [0.2, 0.25) is 0 Å². The third-order valence-corrected chi connectivity index (χ3v) is 7.56. The van der Waals surface area contributed by atoms with Crippen LogP contribution in [-0.2, 0) is 23.1 Å². The van der Waals surface area contributed by atoms with E-state index in [1.54, 1.807) is 6.07 Å². The van der Waals surface area contributed by atoms with Crippen molar-refractivity contribution in [1.29, 1.82) is 0 Å². The van der Waals surface area contributed by atoms with E-state index in [4.69, 9.17) is 9.51 Å². The van der Waals surface area contributed by atoms with Gasteiger partial charge in [-0.25, -0.2) is 4.39 Å². The zero-order valence-electron chi connectivity index (χ0n) is 21.5. The average Bonchev–Trinajstić information content (AvgIpc) is 3.69. The van der Waals surface area contributed by atoms with Crippen molar-refractivity contribution < 1.29 is 18.8 Å². The first kappa shape index (κ1) is 24.7. The standard InChI is InChI=1S/C33H27FN2O3/c1-21-30(20-29-7-3-6-28(35-29)19-22-4-2-5-27(34)18-22)31(39-36-21)25-10-8-23(9-11-25)24-12-14-26(15-13-24)33(16-17-33)32(37)38/h2-15,18H,16-17,19-20H2,1H3,(H,37,38). The molecule has 6 rings (SSSR count). The summed E-state index contributed by atoms with van der Waals surface area (Å²) in [5, 5.41) is 13.8. The minimum atomic E-state index is -0.744. The van der Waals surface area contributed by atoms with Crippen LogP contribution in [0.3, 0.4) is 0 Å². The highest BCUT2D eigenvalue weighted by atomic mass is 19.1. The number of halogens is 1. The summed E-state index contributed by atoms with van der Waals surface area (Å²) in [7, 11) is 0. The average molecular weight is 519 g/mol. The summed E-state index contributed by atoms with van der Waals surface area (Å²) < 4.78 is 19.3. The lowest BCUT2D eigenvalue weighted by Gasteiger charge is -2.11. The zero-order chi connectivity index (χ0) is 27.0. The number of nitrogens with zero attached hydrogens (tertiary/aromatic N) is 2. The van der Waals surface area contributed by atoms with Crippen molar-refractivity contribution in [2.75, 3.05) is 0 Å². The zero-order valence-corrected chi connectivity index (χ0v) is 21.5. The number of hydrogen-bond acceptors (Lipinski definition) is 4. The van der Waals surface area contributed by atoms with E-state index in [0.717, 1.165) is 50.5 Å². The SMILES string of the molecule is Cc1noc(-c2ccc(-c3ccc(C4(C(=O)O)CC4)cc3)cc2)c1Cc1cccc(Cc2cccc(F)c2)n1. The van der Waals surface area contributed by atoms with Crippen molar-refractivity contribution in [2.45, 2.75) is 38.0 Å². The fourth-order valence-electron chi connectivity index (χ4n) is 5.13. The topological polar surface area (TPSA) is 76.2 Å². The Labute approximate surface area is 226 Å². The van der Waals surface area contributed by atoms with Crippen molar-refractivity contribution in [3.63, 3.8) is 0 Å². The number of carboxylic acids is 1. The molecule has 0 bridgehead atoms. The van der Waals surface area contributed by atoms with E-state index in [0.29, 0.717) is 31.4 Å². The van der Waals surface area contributed by atoms with Gasteiger partial charge in [-0.3, -0.25) is 9.78 Å². The molecule has 6 heteroatoms. The van der Waals surface area contributed by atoms with E-state index in [9.17, 15) is 14.3 Å². The Balaban J connectivity index is 1.21. The van der Waals surface area contributed by atoms with Crippen molar-refractivity contribution >= 4 is 5.97 Å². The van der Waals surface area contributed by atoms with Gasteiger partial charge in [0.25, 0.3) is 0 Å². The normalized spacial score (nSPS) is 13.8. The van der Waals surface area contributed by atoms with Gasteiger partial charge in [0, 0.05) is 35.4 Å². The second-order valence-electron chi connectivity index (χ2n) is 10.2. The first-order valence-electron chi connectivity index (χ1n) is 13.0. The first-order valence-corrected chi connectivity index (χ1v) is 13.0. The van der Waals surface area contributed by atoms with Crippen molar-refractivity contribution in [3.8, 4) is 22.5 Å². The van der Waals surface area contributed by atoms with E-state index in [1.807, 2.05) is 79.7 Å². The molecule has 0 spiro atoms. The number of carboxylic acid groups (broad SMARTS) is 1. The van der Waals surface area contributed by atoms with Crippen LogP contribution in [0, 0.1) is 12.7 Å². The largest absolute Gasteiger partial charge is 0.481 e. The molecule has 1 saturated carbocycles. The second-order valence-corrected chi connectivity index (χ2v) is 10.2. The van der Waals surface area contributed by atoms with Gasteiger partial charge < -0.3 is 9.63 Å². The molecule has 1 fully saturated rings. The van der Waals surface area contributed by atoms with Crippen LogP contribution in [0.15, 0.2) is 95.5 Å². The summed E-state index contributed by atoms with van der Waals surface area (Å²) in [5.74, 6) is -0.281. The summed E-state index contributed by atoms with van der Waals surface area (Å²) in [5.41, 5.74) is 7.59. The molecule has 0 unspecified atom stereocenters. The predicted molar refractivity (Wildman–Crippen MR) is 147 cm³/mol. The van der Waals surface area contributed by atoms with Gasteiger partial charge >= 0.3 is 5.97 Å². The highest BCUT2D eigenvalue weighted by Crippen LogP contribution is 2.48. The molecule has 0 amide bonds. The molecule has 2 heterocycles. The van der Waals surface area contributed by atoms with Gasteiger partial charge in [0.1, 0.15) is 5.82 Å². The Hall–Kier alpha value is -4.58. The molecule has 1 N–H and O–H groups in total. The van der Waals surface area contributed by atoms with Crippen molar-refractivity contribution in [3.05, 3.63) is 131 Å². The number of aliphatic carboxylic acids is 1. The lowest BCUT2D eigenvalue weighted by atomic mass is 9.93. The molecule has 0 saturated heterocycles. The lowest BCUT2D eigenvalue weighted by Crippen LogP contribution is -2.19. The number of rotatable bonds is 8. The molecule has 0 atom stereocenters. The van der Waals surface area contributed by atoms with E-state index >= 15 is 0 Å². The van der Waals surface area contributed by atoms with Gasteiger partial charge in [0.05, 0.1) is 11.1 Å². The highest BCUT2D eigenvalue weighted by Gasteiger charge is 2.51. The summed E-state index contributed by atoms with van der Waals surface area (Å²) in [6.45, 7) is 1.93. The molecule has 1 aliphatic rings. The number of benzene rings is 3. The number of carbonyl (C=O) groups is 1. The van der Waals surface area contributed by atoms with Crippen LogP contribution in [0.1, 0.15) is 46.6 Å². The maximum Gasteiger partial charge on any atom is 0.314 e. The predicted octanol–water partition coefficient (Wildman–Crippen LogP) is 7.15. The maximum atomic E-state index is 13.6. The molecule has 194 valence electrons. The fraction of sp³-hybridized carbons (Fsp3) is 0.182. The molecule has 39 heavy (non-hydrogen) atoms. The minimum Gasteiger partial charge on any atom is -0.481 e. The minimum absolute atomic E-state index is 0.249. The summed E-state index contributed by atoms with van der Waals surface area (Å²) in [6, 6.07) is 28.4. The van der Waals surface area contributed by atoms with Gasteiger partial charge in [-0.1, -0.05) is 71.9 Å². The van der Waals surface area contributed by atoms with Crippen LogP contribution in [0.25, 0.3) is 22.5 Å². The van der Waals surface area contributed by atoms with E-state index in [1.165, 1.54) is 12.1 Å². The Bertz CT molecular complexity index is 1650. The Morgan fingerprint density at radius 2 is 1.49 bits per heavy atom. The summed E-state index contributed by atoms with van der Waals surface area (Å²) in [6.07, 6.45) is 2.52. The molecular weight excluding hydrogens is 491 g/mol. The molecular formula is C33H27FN2O3. The van der Waals surface area contributed by atoms with Gasteiger partial charge in [0.2, 0.25) is 0 Å². The fourth-order valence-corrected chi connectivity index (χ4v) is 5.13. The smallest absolute Gasteiger partial charge is 0.314 e. The highest BCUT2D eigenvalue weighted by molar-refractivity contribution is 5.85. The first-order chi connectivity index (χ1) is 18.9. The van der Waals surface area contributed by atoms with Crippen LogP contribution in [-0.4, -0.2) is 21.2 Å². The molecule has 3 aromatic carbocycles. The summed E-state index contributed by atoms with van der Waals surface area (Å²) >= 11 is 0. The van der Waals surface area contributed by atoms with E-state index < -0.39 is 11.4 Å². The molecule has 5 nitrogen and oxygen atoms in total. The molecule has 2 aromatic heterocycles. The van der Waals surface area contributed by atoms with Crippen LogP contribution in [0.5, 0.6) is 0 Å². The van der Waals surface area contributed by atoms with Crippen molar-refractivity contribution in [1.82, 2.24) is 10.1 Å². The number of aryl methyl sites for hydroxylation is 1. The second kappa shape index (κ2) is 9.95. The van der Waals surface area contributed by atoms with Gasteiger partial charge in [-0.05, 0) is 66.3 Å². The maximum absolute atomic E-state index is 13.6. The quantitative estimate of drug-likeness (QED) is 0.236. The number of hydrogen-bond donors (Lipinski definition) is 1. The van der Waals surface area contributed by atoms with Crippen LogP contribution in [0.4, 0.5) is 4.39 Å².